The molecule has 2 aromatic carbocycles. The number of rotatable bonds is 5. The van der Waals surface area contributed by atoms with Gasteiger partial charge < -0.3 is 19.3 Å². The molecule has 0 aliphatic heterocycles. The van der Waals surface area contributed by atoms with Gasteiger partial charge in [0.2, 0.25) is 0 Å². The van der Waals surface area contributed by atoms with Gasteiger partial charge in [-0.3, -0.25) is 0 Å². The van der Waals surface area contributed by atoms with Gasteiger partial charge in [-0.2, -0.15) is 0 Å². The topological polar surface area (TPSA) is 47.9 Å². The van der Waals surface area contributed by atoms with Crippen molar-refractivity contribution in [2.24, 2.45) is 0 Å². The number of ether oxygens (including phenoxy) is 3. The second kappa shape index (κ2) is 6.00. The Morgan fingerprint density at radius 2 is 1.74 bits per heavy atom. The highest BCUT2D eigenvalue weighted by Crippen LogP contribution is 2.27. The van der Waals surface area contributed by atoms with Crippen molar-refractivity contribution in [1.82, 2.24) is 0 Å². The molecule has 0 heterocycles. The molecule has 100 valence electrons. The summed E-state index contributed by atoms with van der Waals surface area (Å²) < 4.78 is 15.8. The SMILES string of the molecule is COc1cccc(OCc2ccc(O)c(OC)c2)c1. The summed E-state index contributed by atoms with van der Waals surface area (Å²) in [5.41, 5.74) is 0.914. The Labute approximate surface area is 112 Å². The van der Waals surface area contributed by atoms with Crippen molar-refractivity contribution < 1.29 is 19.3 Å². The van der Waals surface area contributed by atoms with Crippen LogP contribution in [0.25, 0.3) is 0 Å². The molecule has 0 saturated heterocycles. The van der Waals surface area contributed by atoms with Gasteiger partial charge >= 0.3 is 0 Å². The zero-order valence-corrected chi connectivity index (χ0v) is 10.9. The van der Waals surface area contributed by atoms with Crippen LogP contribution >= 0.6 is 0 Å². The van der Waals surface area contributed by atoms with Gasteiger partial charge in [0.05, 0.1) is 14.2 Å². The van der Waals surface area contributed by atoms with Crippen LogP contribution in [-0.4, -0.2) is 19.3 Å². The smallest absolute Gasteiger partial charge is 0.160 e. The molecular formula is C15H16O4. The predicted molar refractivity (Wildman–Crippen MR) is 72.0 cm³/mol. The van der Waals surface area contributed by atoms with E-state index in [0.717, 1.165) is 17.1 Å². The van der Waals surface area contributed by atoms with Gasteiger partial charge in [-0.15, -0.1) is 0 Å². The Kier molecular flexibility index (Phi) is 4.13. The largest absolute Gasteiger partial charge is 0.504 e. The third kappa shape index (κ3) is 3.31. The van der Waals surface area contributed by atoms with Gasteiger partial charge in [-0.05, 0) is 29.8 Å². The summed E-state index contributed by atoms with van der Waals surface area (Å²) in [6.07, 6.45) is 0. The molecule has 0 aromatic heterocycles. The summed E-state index contributed by atoms with van der Waals surface area (Å²) in [7, 11) is 3.13. The number of benzene rings is 2. The molecule has 0 bridgehead atoms. The summed E-state index contributed by atoms with van der Waals surface area (Å²) in [4.78, 5) is 0. The molecule has 0 spiro atoms. The van der Waals surface area contributed by atoms with Crippen molar-refractivity contribution in [2.75, 3.05) is 14.2 Å². The van der Waals surface area contributed by atoms with Crippen LogP contribution in [0.15, 0.2) is 42.5 Å². The lowest BCUT2D eigenvalue weighted by molar-refractivity contribution is 0.302. The van der Waals surface area contributed by atoms with Gasteiger partial charge in [-0.25, -0.2) is 0 Å². The first kappa shape index (κ1) is 13.1. The third-order valence-corrected chi connectivity index (χ3v) is 2.69. The van der Waals surface area contributed by atoms with E-state index in [-0.39, 0.29) is 5.75 Å². The Bertz CT molecular complexity index is 552. The van der Waals surface area contributed by atoms with Crippen LogP contribution in [0.3, 0.4) is 0 Å². The molecule has 1 N–H and O–H groups in total. The highest BCUT2D eigenvalue weighted by atomic mass is 16.5. The average Bonchev–Trinajstić information content (AvgIpc) is 2.46. The van der Waals surface area contributed by atoms with E-state index in [1.54, 1.807) is 25.3 Å². The van der Waals surface area contributed by atoms with E-state index in [0.29, 0.717) is 12.4 Å². The Hall–Kier alpha value is -2.36. The normalized spacial score (nSPS) is 10.0. The summed E-state index contributed by atoms with van der Waals surface area (Å²) in [6.45, 7) is 0.393. The van der Waals surface area contributed by atoms with E-state index in [1.807, 2.05) is 24.3 Å². The van der Waals surface area contributed by atoms with E-state index in [2.05, 4.69) is 0 Å². The average molecular weight is 260 g/mol. The van der Waals surface area contributed by atoms with E-state index in [1.165, 1.54) is 7.11 Å². The van der Waals surface area contributed by atoms with Crippen molar-refractivity contribution in [3.63, 3.8) is 0 Å². The van der Waals surface area contributed by atoms with Crippen LogP contribution in [0.1, 0.15) is 5.56 Å². The second-order valence-corrected chi connectivity index (χ2v) is 3.97. The molecule has 2 rings (SSSR count). The Balaban J connectivity index is 2.05. The number of aromatic hydroxyl groups is 1. The molecule has 0 fully saturated rings. The molecule has 2 aromatic rings. The molecule has 0 atom stereocenters. The van der Waals surface area contributed by atoms with Crippen LogP contribution in [-0.2, 0) is 6.61 Å². The minimum atomic E-state index is 0.118. The fourth-order valence-electron chi connectivity index (χ4n) is 1.67. The summed E-state index contributed by atoms with van der Waals surface area (Å²) in [6, 6.07) is 12.5. The fraction of sp³-hybridized carbons (Fsp3) is 0.200. The third-order valence-electron chi connectivity index (χ3n) is 2.69. The molecule has 0 unspecified atom stereocenters. The minimum Gasteiger partial charge on any atom is -0.504 e. The lowest BCUT2D eigenvalue weighted by Crippen LogP contribution is -1.96. The molecular weight excluding hydrogens is 244 g/mol. The summed E-state index contributed by atoms with van der Waals surface area (Å²) in [5, 5.41) is 9.51. The van der Waals surface area contributed by atoms with Crippen LogP contribution < -0.4 is 14.2 Å². The van der Waals surface area contributed by atoms with Crippen LogP contribution in [0.2, 0.25) is 0 Å². The van der Waals surface area contributed by atoms with Crippen molar-refractivity contribution in [2.45, 2.75) is 6.61 Å². The minimum absolute atomic E-state index is 0.118. The van der Waals surface area contributed by atoms with Gasteiger partial charge in [0.25, 0.3) is 0 Å². The van der Waals surface area contributed by atoms with Gasteiger partial charge in [0.15, 0.2) is 11.5 Å². The molecule has 0 amide bonds. The van der Waals surface area contributed by atoms with Crippen molar-refractivity contribution in [1.29, 1.82) is 0 Å². The van der Waals surface area contributed by atoms with Gasteiger partial charge in [0.1, 0.15) is 18.1 Å². The molecule has 19 heavy (non-hydrogen) atoms. The zero-order valence-electron chi connectivity index (χ0n) is 10.9. The van der Waals surface area contributed by atoms with Crippen molar-refractivity contribution in [3.05, 3.63) is 48.0 Å². The van der Waals surface area contributed by atoms with Gasteiger partial charge in [0, 0.05) is 6.07 Å². The molecule has 0 aliphatic rings. The second-order valence-electron chi connectivity index (χ2n) is 3.97. The fourth-order valence-corrected chi connectivity index (χ4v) is 1.67. The van der Waals surface area contributed by atoms with Crippen molar-refractivity contribution >= 4 is 0 Å². The monoisotopic (exact) mass is 260 g/mol. The van der Waals surface area contributed by atoms with E-state index >= 15 is 0 Å². The Morgan fingerprint density at radius 3 is 2.47 bits per heavy atom. The standard InChI is InChI=1S/C15H16O4/c1-17-12-4-3-5-13(9-12)19-10-11-6-7-14(16)15(8-11)18-2/h3-9,16H,10H2,1-2H3. The molecule has 4 heteroatoms. The van der Waals surface area contributed by atoms with Crippen molar-refractivity contribution in [3.8, 4) is 23.0 Å². The summed E-state index contributed by atoms with van der Waals surface area (Å²) in [5.74, 6) is 2.03. The highest BCUT2D eigenvalue weighted by molar-refractivity contribution is 5.41. The Morgan fingerprint density at radius 1 is 0.947 bits per heavy atom. The quantitative estimate of drug-likeness (QED) is 0.897. The maximum Gasteiger partial charge on any atom is 0.160 e. The van der Waals surface area contributed by atoms with Crippen LogP contribution in [0.5, 0.6) is 23.0 Å². The van der Waals surface area contributed by atoms with E-state index < -0.39 is 0 Å². The lowest BCUT2D eigenvalue weighted by Gasteiger charge is -2.09. The number of phenols is 1. The number of methoxy groups -OCH3 is 2. The first-order chi connectivity index (χ1) is 9.22. The first-order valence-corrected chi connectivity index (χ1v) is 5.85. The lowest BCUT2D eigenvalue weighted by atomic mass is 10.2. The van der Waals surface area contributed by atoms with Gasteiger partial charge in [-0.1, -0.05) is 12.1 Å². The molecule has 0 saturated carbocycles. The predicted octanol–water partition coefficient (Wildman–Crippen LogP) is 2.99. The van der Waals surface area contributed by atoms with Crippen LogP contribution in [0.4, 0.5) is 0 Å². The van der Waals surface area contributed by atoms with E-state index in [4.69, 9.17) is 14.2 Å². The number of phenolic OH excluding ortho intramolecular Hbond substituents is 1. The molecule has 4 nitrogen and oxygen atoms in total. The molecule has 0 radical (unpaired) electrons. The molecule has 0 aliphatic carbocycles. The van der Waals surface area contributed by atoms with Crippen LogP contribution in [0, 0.1) is 0 Å². The summed E-state index contributed by atoms with van der Waals surface area (Å²) >= 11 is 0. The first-order valence-electron chi connectivity index (χ1n) is 5.85. The number of hydrogen-bond donors (Lipinski definition) is 1. The maximum absolute atomic E-state index is 9.51. The maximum atomic E-state index is 9.51. The highest BCUT2D eigenvalue weighted by Gasteiger charge is 2.03. The van der Waals surface area contributed by atoms with E-state index in [9.17, 15) is 5.11 Å². The number of hydrogen-bond acceptors (Lipinski definition) is 4. The zero-order chi connectivity index (χ0) is 13.7.